The maximum Gasteiger partial charge on any atom is 0.0302 e. The van der Waals surface area contributed by atoms with E-state index in [9.17, 15) is 0 Å². The van der Waals surface area contributed by atoms with E-state index in [0.29, 0.717) is 6.04 Å². The molecule has 0 aromatic carbocycles. The van der Waals surface area contributed by atoms with Gasteiger partial charge < -0.3 is 10.2 Å². The molecule has 0 radical (unpaired) electrons. The summed E-state index contributed by atoms with van der Waals surface area (Å²) in [6.07, 6.45) is 8.05. The minimum Gasteiger partial charge on any atom is -0.309 e. The van der Waals surface area contributed by atoms with Crippen LogP contribution in [0.3, 0.4) is 0 Å². The molecule has 0 amide bonds. The van der Waals surface area contributed by atoms with E-state index in [2.05, 4.69) is 30.1 Å². The molecule has 0 bridgehead atoms. The maximum absolute atomic E-state index is 3.80. The molecule has 1 aliphatic heterocycles. The molecule has 2 heterocycles. The average Bonchev–Trinajstić information content (AvgIpc) is 3.07. The highest BCUT2D eigenvalue weighted by molar-refractivity contribution is 7.12. The van der Waals surface area contributed by atoms with Crippen LogP contribution in [0.1, 0.15) is 54.8 Å². The van der Waals surface area contributed by atoms with Crippen molar-refractivity contribution in [1.29, 1.82) is 0 Å². The second-order valence-electron chi connectivity index (χ2n) is 6.86. The molecule has 118 valence electrons. The molecule has 1 saturated heterocycles. The number of likely N-dealkylation sites (tertiary alicyclic amines) is 1. The van der Waals surface area contributed by atoms with Crippen molar-refractivity contribution < 1.29 is 0 Å². The van der Waals surface area contributed by atoms with Crippen molar-refractivity contribution >= 4 is 11.3 Å². The third-order valence-corrected chi connectivity index (χ3v) is 6.51. The van der Waals surface area contributed by atoms with Gasteiger partial charge in [-0.25, -0.2) is 0 Å². The highest BCUT2D eigenvalue weighted by Gasteiger charge is 2.23. The number of hydrogen-bond acceptors (Lipinski definition) is 3. The van der Waals surface area contributed by atoms with Crippen LogP contribution in [0.15, 0.2) is 6.07 Å². The summed E-state index contributed by atoms with van der Waals surface area (Å²) < 4.78 is 0. The van der Waals surface area contributed by atoms with E-state index in [1.165, 1.54) is 58.2 Å². The van der Waals surface area contributed by atoms with Crippen molar-refractivity contribution in [2.24, 2.45) is 5.92 Å². The summed E-state index contributed by atoms with van der Waals surface area (Å²) in [5, 5.41) is 3.80. The van der Waals surface area contributed by atoms with Crippen LogP contribution in [0, 0.1) is 5.92 Å². The van der Waals surface area contributed by atoms with E-state index in [4.69, 9.17) is 0 Å². The average molecular weight is 307 g/mol. The number of nitrogens with one attached hydrogen (secondary N) is 1. The van der Waals surface area contributed by atoms with E-state index >= 15 is 0 Å². The lowest BCUT2D eigenvalue weighted by Crippen LogP contribution is -2.41. The Balaban J connectivity index is 1.43. The predicted octanol–water partition coefficient (Wildman–Crippen LogP) is 3.84. The first kappa shape index (κ1) is 15.5. The topological polar surface area (TPSA) is 15.3 Å². The molecular weight excluding hydrogens is 276 g/mol. The third kappa shape index (κ3) is 3.88. The number of rotatable bonds is 6. The molecule has 1 unspecified atom stereocenters. The minimum atomic E-state index is 0.658. The van der Waals surface area contributed by atoms with E-state index < -0.39 is 0 Å². The van der Waals surface area contributed by atoms with Crippen LogP contribution in [0.25, 0.3) is 0 Å². The van der Waals surface area contributed by atoms with E-state index in [1.54, 1.807) is 15.3 Å². The van der Waals surface area contributed by atoms with Crippen molar-refractivity contribution in [3.63, 3.8) is 0 Å². The first-order valence-corrected chi connectivity index (χ1v) is 9.64. The van der Waals surface area contributed by atoms with Crippen LogP contribution in [0.4, 0.5) is 0 Å². The van der Waals surface area contributed by atoms with Crippen molar-refractivity contribution in [2.75, 3.05) is 19.6 Å². The van der Waals surface area contributed by atoms with Gasteiger partial charge in [-0.1, -0.05) is 6.92 Å². The Morgan fingerprint density at radius 2 is 2.14 bits per heavy atom. The second kappa shape index (κ2) is 7.26. The summed E-state index contributed by atoms with van der Waals surface area (Å²) in [7, 11) is 0. The summed E-state index contributed by atoms with van der Waals surface area (Å²) in [4.78, 5) is 5.84. The zero-order valence-corrected chi connectivity index (χ0v) is 14.5. The fourth-order valence-electron chi connectivity index (χ4n) is 3.90. The number of nitrogens with zero attached hydrogens (tertiary/aromatic N) is 1. The lowest BCUT2D eigenvalue weighted by Gasteiger charge is -2.35. The summed E-state index contributed by atoms with van der Waals surface area (Å²) in [5.41, 5.74) is 1.64. The van der Waals surface area contributed by atoms with E-state index in [-0.39, 0.29) is 0 Å². The van der Waals surface area contributed by atoms with Crippen molar-refractivity contribution in [1.82, 2.24) is 10.2 Å². The van der Waals surface area contributed by atoms with Gasteiger partial charge in [0.05, 0.1) is 0 Å². The Morgan fingerprint density at radius 3 is 2.86 bits per heavy atom. The van der Waals surface area contributed by atoms with Gasteiger partial charge >= 0.3 is 0 Å². The van der Waals surface area contributed by atoms with Crippen molar-refractivity contribution in [3.8, 4) is 0 Å². The lowest BCUT2D eigenvalue weighted by molar-refractivity contribution is 0.162. The fourth-order valence-corrected chi connectivity index (χ4v) is 5.11. The van der Waals surface area contributed by atoms with Gasteiger partial charge in [-0.05, 0) is 82.6 Å². The highest BCUT2D eigenvalue weighted by Crippen LogP contribution is 2.30. The van der Waals surface area contributed by atoms with Gasteiger partial charge in [0, 0.05) is 22.3 Å². The Bertz CT molecular complexity index is 425. The highest BCUT2D eigenvalue weighted by atomic mass is 32.1. The first-order chi connectivity index (χ1) is 10.3. The predicted molar refractivity (Wildman–Crippen MR) is 92.1 cm³/mol. The first-order valence-electron chi connectivity index (χ1n) is 8.82. The third-order valence-electron chi connectivity index (χ3n) is 5.28. The maximum atomic E-state index is 3.80. The summed E-state index contributed by atoms with van der Waals surface area (Å²) in [6.45, 7) is 9.65. The van der Waals surface area contributed by atoms with Crippen LogP contribution in [-0.4, -0.2) is 30.6 Å². The molecule has 3 heteroatoms. The lowest BCUT2D eigenvalue weighted by atomic mass is 9.90. The number of aryl methyl sites for hydroxylation is 2. The molecule has 0 saturated carbocycles. The summed E-state index contributed by atoms with van der Waals surface area (Å²) >= 11 is 2.05. The fraction of sp³-hybridized carbons (Fsp3) is 0.778. The quantitative estimate of drug-likeness (QED) is 0.859. The van der Waals surface area contributed by atoms with Gasteiger partial charge in [0.1, 0.15) is 0 Å². The van der Waals surface area contributed by atoms with Gasteiger partial charge in [-0.15, -0.1) is 11.3 Å². The number of fused-ring (bicyclic) bond motifs is 1. The molecule has 1 aromatic rings. The Kier molecular flexibility index (Phi) is 5.36. The van der Waals surface area contributed by atoms with Crippen LogP contribution in [0.5, 0.6) is 0 Å². The summed E-state index contributed by atoms with van der Waals surface area (Å²) in [6, 6.07) is 3.11. The van der Waals surface area contributed by atoms with E-state index in [0.717, 1.165) is 12.5 Å². The molecule has 1 atom stereocenters. The molecule has 0 spiro atoms. The molecule has 1 aliphatic carbocycles. The van der Waals surface area contributed by atoms with Gasteiger partial charge in [0.2, 0.25) is 0 Å². The Morgan fingerprint density at radius 1 is 1.33 bits per heavy atom. The smallest absolute Gasteiger partial charge is 0.0302 e. The number of hydrogen-bond donors (Lipinski definition) is 1. The van der Waals surface area contributed by atoms with Gasteiger partial charge in [0.15, 0.2) is 0 Å². The molecule has 1 fully saturated rings. The Labute approximate surface area is 133 Å². The number of piperidine rings is 1. The van der Waals surface area contributed by atoms with Crippen LogP contribution < -0.4 is 5.32 Å². The zero-order chi connectivity index (χ0) is 14.7. The number of thiophene rings is 1. The monoisotopic (exact) mass is 306 g/mol. The zero-order valence-electron chi connectivity index (χ0n) is 13.7. The molecule has 21 heavy (non-hydrogen) atoms. The SMILES string of the molecule is CCCN1CCC(C(C)NCc2cc3c(s2)CCC3)CC1. The van der Waals surface area contributed by atoms with Crippen molar-refractivity contribution in [3.05, 3.63) is 21.4 Å². The van der Waals surface area contributed by atoms with Gasteiger partial charge in [-0.2, -0.15) is 0 Å². The Hall–Kier alpha value is -0.380. The molecule has 3 rings (SSSR count). The molecule has 1 N–H and O–H groups in total. The summed E-state index contributed by atoms with van der Waals surface area (Å²) in [5.74, 6) is 0.866. The van der Waals surface area contributed by atoms with Crippen LogP contribution in [-0.2, 0) is 19.4 Å². The second-order valence-corrected chi connectivity index (χ2v) is 8.08. The van der Waals surface area contributed by atoms with Crippen LogP contribution >= 0.6 is 11.3 Å². The minimum absolute atomic E-state index is 0.658. The van der Waals surface area contributed by atoms with E-state index in [1.807, 2.05) is 11.3 Å². The van der Waals surface area contributed by atoms with Crippen LogP contribution in [0.2, 0.25) is 0 Å². The standard InChI is InChI=1S/C18H30N2S/c1-3-9-20-10-7-15(8-11-20)14(2)19-13-17-12-16-5-4-6-18(16)21-17/h12,14-15,19H,3-11,13H2,1-2H3. The molecule has 2 nitrogen and oxygen atoms in total. The van der Waals surface area contributed by atoms with Gasteiger partial charge in [-0.3, -0.25) is 0 Å². The molecular formula is C18H30N2S. The normalized spacial score (nSPS) is 21.6. The van der Waals surface area contributed by atoms with Crippen molar-refractivity contribution in [2.45, 2.75) is 65.0 Å². The largest absolute Gasteiger partial charge is 0.309 e. The van der Waals surface area contributed by atoms with Gasteiger partial charge in [0.25, 0.3) is 0 Å². The molecule has 1 aromatic heterocycles. The molecule has 2 aliphatic rings.